The monoisotopic (exact) mass is 381 g/mol. The van der Waals surface area contributed by atoms with Gasteiger partial charge in [-0.25, -0.2) is 4.98 Å². The van der Waals surface area contributed by atoms with E-state index >= 15 is 0 Å². The predicted molar refractivity (Wildman–Crippen MR) is 97.1 cm³/mol. The van der Waals surface area contributed by atoms with Gasteiger partial charge in [0.15, 0.2) is 16.6 Å². The second-order valence-electron chi connectivity index (χ2n) is 5.98. The molecule has 3 aromatic rings. The third-order valence-electron chi connectivity index (χ3n) is 4.13. The second kappa shape index (κ2) is 7.65. The van der Waals surface area contributed by atoms with Gasteiger partial charge in [0.05, 0.1) is 18.2 Å². The topological polar surface area (TPSA) is 80.2 Å². The van der Waals surface area contributed by atoms with Crippen LogP contribution in [0.2, 0.25) is 0 Å². The predicted octanol–water partition coefficient (Wildman–Crippen LogP) is 2.68. The molecule has 3 aromatic heterocycles. The van der Waals surface area contributed by atoms with Crippen molar-refractivity contribution in [1.29, 1.82) is 0 Å². The Kier molecular flexibility index (Phi) is 5.53. The van der Waals surface area contributed by atoms with Crippen molar-refractivity contribution in [1.82, 2.24) is 25.3 Å². The summed E-state index contributed by atoms with van der Waals surface area (Å²) >= 11 is 1.56. The number of furan rings is 1. The van der Waals surface area contributed by atoms with Gasteiger partial charge in [-0.2, -0.15) is 4.98 Å². The van der Waals surface area contributed by atoms with E-state index < -0.39 is 0 Å². The molecular weight excluding hydrogens is 362 g/mol. The van der Waals surface area contributed by atoms with Crippen molar-refractivity contribution in [2.75, 3.05) is 26.7 Å². The number of nitrogens with zero attached hydrogens (tertiary/aromatic N) is 4. The van der Waals surface area contributed by atoms with Crippen molar-refractivity contribution in [2.24, 2.45) is 0 Å². The summed E-state index contributed by atoms with van der Waals surface area (Å²) in [7, 11) is 2.08. The van der Waals surface area contributed by atoms with E-state index in [-0.39, 0.29) is 18.4 Å². The van der Waals surface area contributed by atoms with Crippen LogP contribution in [0.15, 0.2) is 26.5 Å². The van der Waals surface area contributed by atoms with E-state index in [4.69, 9.17) is 8.94 Å². The first-order valence-electron chi connectivity index (χ1n) is 7.93. The summed E-state index contributed by atoms with van der Waals surface area (Å²) in [6.07, 6.45) is 0.535. The van der Waals surface area contributed by atoms with Crippen LogP contribution in [0.3, 0.4) is 0 Å². The number of piperazine rings is 1. The van der Waals surface area contributed by atoms with Crippen LogP contribution in [0.25, 0.3) is 10.8 Å². The van der Waals surface area contributed by atoms with Crippen LogP contribution in [-0.4, -0.2) is 46.7 Å². The normalized spacial score (nSPS) is 18.2. The number of hydrogen-bond donors (Lipinski definition) is 1. The lowest BCUT2D eigenvalue weighted by Crippen LogP contribution is -2.44. The Balaban J connectivity index is 0.00000182. The Hall–Kier alpha value is -1.74. The molecule has 0 aromatic carbocycles. The summed E-state index contributed by atoms with van der Waals surface area (Å²) in [4.78, 5) is 11.4. The smallest absolute Gasteiger partial charge is 0.232 e. The summed E-state index contributed by atoms with van der Waals surface area (Å²) in [5.41, 5.74) is 0.911. The summed E-state index contributed by atoms with van der Waals surface area (Å²) in [6.45, 7) is 4.74. The van der Waals surface area contributed by atoms with Crippen LogP contribution in [-0.2, 0) is 6.42 Å². The SMILES string of the molecule is Cc1ccc(-c2nc(Cc3nc(C4CNCCN4C)no3)cs2)o1.Cl. The third kappa shape index (κ3) is 3.92. The lowest BCUT2D eigenvalue weighted by molar-refractivity contribution is 0.190. The van der Waals surface area contributed by atoms with Gasteiger partial charge in [0.2, 0.25) is 5.89 Å². The molecule has 1 fully saturated rings. The number of likely N-dealkylation sites (N-methyl/N-ethyl adjacent to an activating group) is 1. The Morgan fingerprint density at radius 3 is 3.00 bits per heavy atom. The zero-order chi connectivity index (χ0) is 16.5. The molecule has 1 N–H and O–H groups in total. The molecule has 0 radical (unpaired) electrons. The largest absolute Gasteiger partial charge is 0.459 e. The fraction of sp³-hybridized carbons (Fsp3) is 0.438. The molecule has 7 nitrogen and oxygen atoms in total. The molecule has 0 saturated carbocycles. The van der Waals surface area contributed by atoms with Gasteiger partial charge in [-0.15, -0.1) is 23.7 Å². The minimum Gasteiger partial charge on any atom is -0.459 e. The van der Waals surface area contributed by atoms with E-state index in [0.717, 1.165) is 47.7 Å². The molecule has 1 atom stereocenters. The van der Waals surface area contributed by atoms with Crippen LogP contribution in [0.1, 0.15) is 29.2 Å². The zero-order valence-electron chi connectivity index (χ0n) is 14.1. The molecule has 9 heteroatoms. The second-order valence-corrected chi connectivity index (χ2v) is 6.84. The Morgan fingerprint density at radius 1 is 1.36 bits per heavy atom. The van der Waals surface area contributed by atoms with Crippen molar-refractivity contribution in [2.45, 2.75) is 19.4 Å². The number of aromatic nitrogens is 3. The maximum absolute atomic E-state index is 5.61. The third-order valence-corrected chi connectivity index (χ3v) is 5.03. The summed E-state index contributed by atoms with van der Waals surface area (Å²) in [6, 6.07) is 4.04. The molecule has 1 aliphatic heterocycles. The number of rotatable bonds is 4. The highest BCUT2D eigenvalue weighted by Crippen LogP contribution is 2.26. The first-order valence-corrected chi connectivity index (χ1v) is 8.81. The summed E-state index contributed by atoms with van der Waals surface area (Å²) < 4.78 is 11.0. The van der Waals surface area contributed by atoms with Gasteiger partial charge in [0, 0.05) is 25.0 Å². The number of nitrogens with one attached hydrogen (secondary N) is 1. The fourth-order valence-electron chi connectivity index (χ4n) is 2.78. The summed E-state index contributed by atoms with van der Waals surface area (Å²) in [5.74, 6) is 3.01. The standard InChI is InChI=1S/C16H19N5O2S.ClH/c1-10-3-4-13(22-10)16-18-11(9-24-16)7-14-19-15(20-23-14)12-8-17-5-6-21(12)2;/h3-4,9,12,17H,5-8H2,1-2H3;1H. The molecule has 1 aliphatic rings. The van der Waals surface area contributed by atoms with E-state index in [2.05, 4.69) is 32.4 Å². The van der Waals surface area contributed by atoms with Gasteiger partial charge < -0.3 is 14.3 Å². The first kappa shape index (κ1) is 18.1. The van der Waals surface area contributed by atoms with Crippen LogP contribution < -0.4 is 5.32 Å². The number of thiazole rings is 1. The average molecular weight is 382 g/mol. The van der Waals surface area contributed by atoms with E-state index in [1.165, 1.54) is 0 Å². The van der Waals surface area contributed by atoms with Crippen molar-refractivity contribution in [3.05, 3.63) is 40.7 Å². The van der Waals surface area contributed by atoms with Gasteiger partial charge in [-0.05, 0) is 26.1 Å². The van der Waals surface area contributed by atoms with E-state index in [1.807, 2.05) is 24.4 Å². The van der Waals surface area contributed by atoms with Gasteiger partial charge in [0.25, 0.3) is 0 Å². The van der Waals surface area contributed by atoms with Crippen molar-refractivity contribution in [3.8, 4) is 10.8 Å². The quantitative estimate of drug-likeness (QED) is 0.744. The van der Waals surface area contributed by atoms with Crippen LogP contribution in [0.4, 0.5) is 0 Å². The number of hydrogen-bond acceptors (Lipinski definition) is 8. The Morgan fingerprint density at radius 2 is 2.24 bits per heavy atom. The van der Waals surface area contributed by atoms with E-state index in [0.29, 0.717) is 12.3 Å². The molecule has 4 rings (SSSR count). The van der Waals surface area contributed by atoms with Gasteiger partial charge in [-0.3, -0.25) is 4.90 Å². The van der Waals surface area contributed by atoms with Gasteiger partial charge in [-0.1, -0.05) is 5.16 Å². The van der Waals surface area contributed by atoms with Gasteiger partial charge >= 0.3 is 0 Å². The molecule has 1 saturated heterocycles. The molecule has 0 bridgehead atoms. The molecule has 25 heavy (non-hydrogen) atoms. The highest BCUT2D eigenvalue weighted by Gasteiger charge is 2.25. The Bertz CT molecular complexity index is 830. The molecule has 4 heterocycles. The number of aryl methyl sites for hydroxylation is 1. The highest BCUT2D eigenvalue weighted by molar-refractivity contribution is 7.13. The van der Waals surface area contributed by atoms with E-state index in [9.17, 15) is 0 Å². The van der Waals surface area contributed by atoms with Crippen molar-refractivity contribution >= 4 is 23.7 Å². The van der Waals surface area contributed by atoms with Crippen molar-refractivity contribution < 1.29 is 8.94 Å². The maximum Gasteiger partial charge on any atom is 0.232 e. The molecule has 0 spiro atoms. The highest BCUT2D eigenvalue weighted by atomic mass is 35.5. The molecule has 134 valence electrons. The lowest BCUT2D eigenvalue weighted by Gasteiger charge is -2.30. The molecule has 0 amide bonds. The first-order chi connectivity index (χ1) is 11.7. The Labute approximate surface area is 155 Å². The number of halogens is 1. The average Bonchev–Trinajstić information content (AvgIpc) is 3.29. The maximum atomic E-state index is 5.61. The van der Waals surface area contributed by atoms with Crippen LogP contribution >= 0.6 is 23.7 Å². The molecule has 1 unspecified atom stereocenters. The van der Waals surface area contributed by atoms with Crippen LogP contribution in [0, 0.1) is 6.92 Å². The minimum absolute atomic E-state index is 0. The van der Waals surface area contributed by atoms with Gasteiger partial charge in [0.1, 0.15) is 5.76 Å². The minimum atomic E-state index is 0. The zero-order valence-corrected chi connectivity index (χ0v) is 15.7. The lowest BCUT2D eigenvalue weighted by atomic mass is 10.2. The van der Waals surface area contributed by atoms with Crippen molar-refractivity contribution in [3.63, 3.8) is 0 Å². The fourth-order valence-corrected chi connectivity index (χ4v) is 3.55. The molecular formula is C16H20ClN5O2S. The summed E-state index contributed by atoms with van der Waals surface area (Å²) in [5, 5.41) is 10.4. The van der Waals surface area contributed by atoms with E-state index in [1.54, 1.807) is 11.3 Å². The molecule has 0 aliphatic carbocycles. The van der Waals surface area contributed by atoms with Crippen LogP contribution in [0.5, 0.6) is 0 Å².